The van der Waals surface area contributed by atoms with Crippen LogP contribution in [-0.4, -0.2) is 26.8 Å². The zero-order valence-electron chi connectivity index (χ0n) is 17.1. The van der Waals surface area contributed by atoms with Crippen LogP contribution < -0.4 is 16.6 Å². The van der Waals surface area contributed by atoms with Gasteiger partial charge >= 0.3 is 5.69 Å². The Morgan fingerprint density at radius 3 is 2.37 bits per heavy atom. The second kappa shape index (κ2) is 8.86. The minimum Gasteiger partial charge on any atom is -0.351 e. The first-order chi connectivity index (χ1) is 14.3. The van der Waals surface area contributed by atoms with Crippen molar-refractivity contribution >= 4 is 5.91 Å². The number of rotatable bonds is 6. The van der Waals surface area contributed by atoms with E-state index in [1.807, 2.05) is 26.0 Å². The number of hydrogen-bond donors (Lipinski definition) is 1. The predicted molar refractivity (Wildman–Crippen MR) is 112 cm³/mol. The van der Waals surface area contributed by atoms with Crippen molar-refractivity contribution in [2.45, 2.75) is 33.2 Å². The van der Waals surface area contributed by atoms with Crippen molar-refractivity contribution in [1.29, 1.82) is 0 Å². The lowest BCUT2D eigenvalue weighted by molar-refractivity contribution is 0.0946. The van der Waals surface area contributed by atoms with Crippen LogP contribution in [0.2, 0.25) is 0 Å². The lowest BCUT2D eigenvalue weighted by Gasteiger charge is -2.13. The Labute approximate surface area is 172 Å². The Morgan fingerprint density at radius 1 is 1.10 bits per heavy atom. The number of nitrogens with one attached hydrogen (secondary N) is 1. The summed E-state index contributed by atoms with van der Waals surface area (Å²) in [4.78, 5) is 38.3. The number of carbonyl (C=O) groups is 1. The van der Waals surface area contributed by atoms with E-state index in [4.69, 9.17) is 0 Å². The summed E-state index contributed by atoms with van der Waals surface area (Å²) in [5.74, 6) is -0.949. The zero-order valence-corrected chi connectivity index (χ0v) is 17.1. The molecule has 8 heteroatoms. The number of nitrogens with zero attached hydrogens (tertiary/aromatic N) is 3. The maximum atomic E-state index is 14.1. The molecule has 7 nitrogen and oxygen atoms in total. The van der Waals surface area contributed by atoms with Gasteiger partial charge in [0.1, 0.15) is 5.82 Å². The minimum atomic E-state index is -0.871. The van der Waals surface area contributed by atoms with Crippen molar-refractivity contribution in [3.05, 3.63) is 92.0 Å². The van der Waals surface area contributed by atoms with Crippen LogP contribution in [0.25, 0.3) is 5.69 Å². The number of halogens is 1. The van der Waals surface area contributed by atoms with E-state index < -0.39 is 28.7 Å². The molecule has 0 spiro atoms. The van der Waals surface area contributed by atoms with Crippen LogP contribution in [-0.2, 0) is 6.54 Å². The van der Waals surface area contributed by atoms with Gasteiger partial charge in [-0.15, -0.1) is 0 Å². The summed E-state index contributed by atoms with van der Waals surface area (Å²) in [5.41, 5.74) is -0.433. The van der Waals surface area contributed by atoms with Crippen molar-refractivity contribution in [2.24, 2.45) is 0 Å². The van der Waals surface area contributed by atoms with E-state index >= 15 is 0 Å². The average molecular weight is 410 g/mol. The number of hydrogen-bond acceptors (Lipinski definition) is 4. The minimum absolute atomic E-state index is 0.159. The van der Waals surface area contributed by atoms with E-state index in [1.165, 1.54) is 18.2 Å². The summed E-state index contributed by atoms with van der Waals surface area (Å²) < 4.78 is 16.0. The molecule has 1 N–H and O–H groups in total. The Hall–Kier alpha value is -3.55. The number of aromatic nitrogens is 3. The molecule has 0 radical (unpaired) electrons. The fourth-order valence-electron chi connectivity index (χ4n) is 3.01. The topological polar surface area (TPSA) is 86.0 Å². The zero-order chi connectivity index (χ0) is 21.8. The van der Waals surface area contributed by atoms with Crippen molar-refractivity contribution in [3.8, 4) is 5.69 Å². The second-order valence-corrected chi connectivity index (χ2v) is 7.13. The molecular formula is C22H23FN4O3. The molecule has 0 bridgehead atoms. The molecule has 3 rings (SSSR count). The van der Waals surface area contributed by atoms with Crippen molar-refractivity contribution in [2.75, 3.05) is 6.54 Å². The molecule has 0 saturated heterocycles. The van der Waals surface area contributed by atoms with Crippen molar-refractivity contribution in [3.63, 3.8) is 0 Å². The van der Waals surface area contributed by atoms with Gasteiger partial charge in [-0.3, -0.25) is 14.2 Å². The number of benzene rings is 2. The van der Waals surface area contributed by atoms with Gasteiger partial charge in [0.2, 0.25) is 5.69 Å². The van der Waals surface area contributed by atoms with E-state index in [-0.39, 0.29) is 18.7 Å². The lowest BCUT2D eigenvalue weighted by atomic mass is 10.0. The Kier molecular flexibility index (Phi) is 6.25. The highest BCUT2D eigenvalue weighted by Gasteiger charge is 2.20. The average Bonchev–Trinajstić information content (AvgIpc) is 2.72. The second-order valence-electron chi connectivity index (χ2n) is 7.13. The maximum Gasteiger partial charge on any atom is 0.352 e. The number of amides is 1. The molecule has 2 aromatic carbocycles. The van der Waals surface area contributed by atoms with E-state index in [2.05, 4.69) is 10.4 Å². The van der Waals surface area contributed by atoms with Crippen LogP contribution in [0.5, 0.6) is 0 Å². The highest BCUT2D eigenvalue weighted by atomic mass is 19.1. The van der Waals surface area contributed by atoms with Gasteiger partial charge in [-0.1, -0.05) is 44.2 Å². The van der Waals surface area contributed by atoms with E-state index in [0.29, 0.717) is 11.6 Å². The largest absolute Gasteiger partial charge is 0.352 e. The van der Waals surface area contributed by atoms with Gasteiger partial charge < -0.3 is 5.32 Å². The van der Waals surface area contributed by atoms with Crippen LogP contribution in [0.15, 0.2) is 58.1 Å². The van der Waals surface area contributed by atoms with Crippen LogP contribution in [0.3, 0.4) is 0 Å². The van der Waals surface area contributed by atoms with Gasteiger partial charge in [0.15, 0.2) is 0 Å². The third-order valence-electron chi connectivity index (χ3n) is 4.70. The van der Waals surface area contributed by atoms with E-state index in [1.54, 1.807) is 25.1 Å². The highest BCUT2D eigenvalue weighted by Crippen LogP contribution is 2.15. The summed E-state index contributed by atoms with van der Waals surface area (Å²) in [6.07, 6.45) is 0. The molecule has 0 unspecified atom stereocenters. The first kappa shape index (κ1) is 21.2. The first-order valence-electron chi connectivity index (χ1n) is 9.69. The van der Waals surface area contributed by atoms with Crippen molar-refractivity contribution < 1.29 is 9.18 Å². The summed E-state index contributed by atoms with van der Waals surface area (Å²) in [7, 11) is 0. The SMILES string of the molecule is CCNC(=O)c1nn(-c2ccc(C(C)C)cc2)c(=O)n(Cc2ccccc2F)c1=O. The third kappa shape index (κ3) is 4.22. The Balaban J connectivity index is 2.20. The molecule has 156 valence electrons. The van der Waals surface area contributed by atoms with E-state index in [9.17, 15) is 18.8 Å². The third-order valence-corrected chi connectivity index (χ3v) is 4.70. The molecule has 0 atom stereocenters. The molecule has 1 amide bonds. The van der Waals surface area contributed by atoms with Gasteiger partial charge in [-0.2, -0.15) is 9.78 Å². The molecule has 1 heterocycles. The summed E-state index contributed by atoms with van der Waals surface area (Å²) in [6, 6.07) is 13.0. The highest BCUT2D eigenvalue weighted by molar-refractivity contribution is 5.91. The van der Waals surface area contributed by atoms with Crippen LogP contribution >= 0.6 is 0 Å². The van der Waals surface area contributed by atoms with Gasteiger partial charge in [-0.05, 0) is 36.6 Å². The Bertz CT molecular complexity index is 1180. The van der Waals surface area contributed by atoms with Crippen LogP contribution in [0, 0.1) is 5.82 Å². The Morgan fingerprint density at radius 2 is 1.77 bits per heavy atom. The quantitative estimate of drug-likeness (QED) is 0.676. The monoisotopic (exact) mass is 410 g/mol. The summed E-state index contributed by atoms with van der Waals surface area (Å²) in [6.45, 7) is 5.76. The molecule has 0 aliphatic heterocycles. The van der Waals surface area contributed by atoms with Gasteiger partial charge in [0, 0.05) is 12.1 Å². The fraction of sp³-hybridized carbons (Fsp3) is 0.273. The normalized spacial score (nSPS) is 11.0. The maximum absolute atomic E-state index is 14.1. The van der Waals surface area contributed by atoms with Crippen LogP contribution in [0.4, 0.5) is 4.39 Å². The number of carbonyl (C=O) groups excluding carboxylic acids is 1. The van der Waals surface area contributed by atoms with Gasteiger partial charge in [0.25, 0.3) is 11.5 Å². The van der Waals surface area contributed by atoms with Crippen molar-refractivity contribution in [1.82, 2.24) is 19.7 Å². The molecule has 0 fully saturated rings. The molecule has 1 aromatic heterocycles. The fourth-order valence-corrected chi connectivity index (χ4v) is 3.01. The summed E-state index contributed by atoms with van der Waals surface area (Å²) in [5, 5.41) is 6.55. The molecule has 0 saturated carbocycles. The van der Waals surface area contributed by atoms with Gasteiger partial charge in [-0.25, -0.2) is 9.18 Å². The van der Waals surface area contributed by atoms with E-state index in [0.717, 1.165) is 14.8 Å². The molecule has 0 aliphatic rings. The molecule has 0 aliphatic carbocycles. The molecular weight excluding hydrogens is 387 g/mol. The predicted octanol–water partition coefficient (Wildman–Crippen LogP) is 2.45. The summed E-state index contributed by atoms with van der Waals surface area (Å²) >= 11 is 0. The molecule has 30 heavy (non-hydrogen) atoms. The lowest BCUT2D eigenvalue weighted by Crippen LogP contribution is -2.46. The smallest absolute Gasteiger partial charge is 0.351 e. The van der Waals surface area contributed by atoms with Crippen LogP contribution in [0.1, 0.15) is 48.3 Å². The van der Waals surface area contributed by atoms with Gasteiger partial charge in [0.05, 0.1) is 12.2 Å². The standard InChI is InChI=1S/C22H23FN4O3/c1-4-24-20(28)19-21(29)26(13-16-7-5-6-8-18(16)23)22(30)27(25-19)17-11-9-15(10-12-17)14(2)3/h5-12,14H,4,13H2,1-3H3,(H,24,28). The molecule has 3 aromatic rings. The first-order valence-corrected chi connectivity index (χ1v) is 9.69.